The van der Waals surface area contributed by atoms with Gasteiger partial charge in [0.2, 0.25) is 0 Å². The van der Waals surface area contributed by atoms with Crippen molar-refractivity contribution in [3.63, 3.8) is 0 Å². The fourth-order valence-electron chi connectivity index (χ4n) is 2.51. The maximum atomic E-state index is 11.5. The van der Waals surface area contributed by atoms with E-state index in [2.05, 4.69) is 0 Å². The van der Waals surface area contributed by atoms with E-state index < -0.39 is 11.4 Å². The zero-order valence-corrected chi connectivity index (χ0v) is 10.8. The number of aliphatic carboxylic acids is 1. The maximum Gasteiger partial charge on any atom is 0.313 e. The molecule has 1 fully saturated rings. The molecule has 1 saturated carbocycles. The summed E-state index contributed by atoms with van der Waals surface area (Å²) in [7, 11) is 0. The van der Waals surface area contributed by atoms with Crippen molar-refractivity contribution in [1.82, 2.24) is 0 Å². The lowest BCUT2D eigenvalue weighted by Gasteiger charge is -2.32. The lowest BCUT2D eigenvalue weighted by Crippen LogP contribution is -2.38. The van der Waals surface area contributed by atoms with Gasteiger partial charge in [0.25, 0.3) is 0 Å². The van der Waals surface area contributed by atoms with Gasteiger partial charge < -0.3 is 9.84 Å². The van der Waals surface area contributed by atoms with Crippen molar-refractivity contribution in [2.24, 2.45) is 5.41 Å². The molecular weight excluding hydrogens is 244 g/mol. The highest BCUT2D eigenvalue weighted by Crippen LogP contribution is 2.37. The third kappa shape index (κ3) is 3.13. The van der Waals surface area contributed by atoms with E-state index in [9.17, 15) is 14.7 Å². The number of ether oxygens (including phenoxy) is 1. The molecule has 4 nitrogen and oxygen atoms in total. The van der Waals surface area contributed by atoms with Crippen LogP contribution in [0.25, 0.3) is 0 Å². The molecule has 0 spiro atoms. The van der Waals surface area contributed by atoms with Gasteiger partial charge in [-0.25, -0.2) is 0 Å². The largest absolute Gasteiger partial charge is 0.492 e. The van der Waals surface area contributed by atoms with Crippen LogP contribution >= 0.6 is 0 Å². The number of carboxylic acids is 1. The van der Waals surface area contributed by atoms with Gasteiger partial charge in [-0.1, -0.05) is 19.3 Å². The molecule has 1 aromatic rings. The molecule has 0 aliphatic heterocycles. The van der Waals surface area contributed by atoms with Crippen LogP contribution in [0.5, 0.6) is 5.75 Å². The molecule has 1 aromatic carbocycles. The summed E-state index contributed by atoms with van der Waals surface area (Å²) < 4.78 is 5.61. The quantitative estimate of drug-likeness (QED) is 0.829. The molecule has 0 saturated heterocycles. The lowest BCUT2D eigenvalue weighted by molar-refractivity contribution is -0.153. The zero-order chi connectivity index (χ0) is 13.7. The number of hydrogen-bond donors (Lipinski definition) is 1. The summed E-state index contributed by atoms with van der Waals surface area (Å²) in [6.07, 6.45) is 5.11. The van der Waals surface area contributed by atoms with Gasteiger partial charge in [0, 0.05) is 5.56 Å². The van der Waals surface area contributed by atoms with E-state index in [0.29, 0.717) is 24.2 Å². The van der Waals surface area contributed by atoms with Gasteiger partial charge in [-0.15, -0.1) is 0 Å². The molecule has 2 rings (SSSR count). The predicted octanol–water partition coefficient (Wildman–Crippen LogP) is 2.91. The summed E-state index contributed by atoms with van der Waals surface area (Å²) in [6.45, 7) is 0.197. The number of carbonyl (C=O) groups excluding carboxylic acids is 1. The second-order valence-electron chi connectivity index (χ2n) is 5.12. The molecule has 0 heterocycles. The number of benzene rings is 1. The molecular formula is C15H18O4. The Kier molecular flexibility index (Phi) is 4.20. The number of carbonyl (C=O) groups is 2. The van der Waals surface area contributed by atoms with Crippen molar-refractivity contribution in [2.45, 2.75) is 32.1 Å². The van der Waals surface area contributed by atoms with E-state index in [1.54, 1.807) is 24.3 Å². The van der Waals surface area contributed by atoms with Crippen LogP contribution in [0.4, 0.5) is 0 Å². The first-order chi connectivity index (χ1) is 9.16. The van der Waals surface area contributed by atoms with Crippen molar-refractivity contribution >= 4 is 12.3 Å². The first kappa shape index (κ1) is 13.6. The third-order valence-electron chi connectivity index (χ3n) is 3.80. The summed E-state index contributed by atoms with van der Waals surface area (Å²) in [4.78, 5) is 22.0. The van der Waals surface area contributed by atoms with Crippen molar-refractivity contribution in [1.29, 1.82) is 0 Å². The lowest BCUT2D eigenvalue weighted by atomic mass is 9.75. The van der Waals surface area contributed by atoms with Crippen LogP contribution in [0.2, 0.25) is 0 Å². The Hall–Kier alpha value is -1.84. The highest BCUT2D eigenvalue weighted by molar-refractivity contribution is 5.75. The van der Waals surface area contributed by atoms with Crippen LogP contribution < -0.4 is 4.74 Å². The van der Waals surface area contributed by atoms with E-state index in [1.165, 1.54) is 0 Å². The number of carboxylic acid groups (broad SMARTS) is 1. The average molecular weight is 262 g/mol. The molecule has 1 aliphatic carbocycles. The Morgan fingerprint density at radius 2 is 1.84 bits per heavy atom. The van der Waals surface area contributed by atoms with Crippen LogP contribution in [0.15, 0.2) is 24.3 Å². The second kappa shape index (κ2) is 5.87. The van der Waals surface area contributed by atoms with E-state index in [1.807, 2.05) is 0 Å². The van der Waals surface area contributed by atoms with Gasteiger partial charge in [-0.2, -0.15) is 0 Å². The van der Waals surface area contributed by atoms with Gasteiger partial charge >= 0.3 is 5.97 Å². The first-order valence-electron chi connectivity index (χ1n) is 6.58. The number of rotatable bonds is 5. The Balaban J connectivity index is 2.01. The second-order valence-corrected chi connectivity index (χ2v) is 5.12. The monoisotopic (exact) mass is 262 g/mol. The summed E-state index contributed by atoms with van der Waals surface area (Å²) in [5, 5.41) is 9.42. The van der Waals surface area contributed by atoms with Gasteiger partial charge in [0.1, 0.15) is 24.1 Å². The molecule has 0 amide bonds. The molecule has 0 aromatic heterocycles. The average Bonchev–Trinajstić information content (AvgIpc) is 2.46. The van der Waals surface area contributed by atoms with E-state index in [0.717, 1.165) is 25.5 Å². The maximum absolute atomic E-state index is 11.5. The summed E-state index contributed by atoms with van der Waals surface area (Å²) in [5.41, 5.74) is -0.167. The molecule has 4 heteroatoms. The Morgan fingerprint density at radius 3 is 2.37 bits per heavy atom. The zero-order valence-electron chi connectivity index (χ0n) is 10.8. The number of aldehydes is 1. The molecule has 0 radical (unpaired) electrons. The van der Waals surface area contributed by atoms with Crippen LogP contribution in [-0.2, 0) is 4.79 Å². The van der Waals surface area contributed by atoms with Gasteiger partial charge in [-0.05, 0) is 37.1 Å². The van der Waals surface area contributed by atoms with Gasteiger partial charge in [0.05, 0.1) is 0 Å². The SMILES string of the molecule is O=Cc1ccc(OCC2(C(=O)O)CCCCC2)cc1. The van der Waals surface area contributed by atoms with Crippen LogP contribution in [-0.4, -0.2) is 24.0 Å². The van der Waals surface area contributed by atoms with Gasteiger partial charge in [0.15, 0.2) is 0 Å². The van der Waals surface area contributed by atoms with Crippen LogP contribution in [0.3, 0.4) is 0 Å². The Labute approximate surface area is 112 Å². The minimum Gasteiger partial charge on any atom is -0.492 e. The minimum atomic E-state index is -0.767. The third-order valence-corrected chi connectivity index (χ3v) is 3.80. The Morgan fingerprint density at radius 1 is 1.21 bits per heavy atom. The first-order valence-corrected chi connectivity index (χ1v) is 6.58. The van der Waals surface area contributed by atoms with Crippen LogP contribution in [0, 0.1) is 5.41 Å². The van der Waals surface area contributed by atoms with E-state index in [-0.39, 0.29) is 6.61 Å². The van der Waals surface area contributed by atoms with Crippen LogP contribution in [0.1, 0.15) is 42.5 Å². The normalized spacial score (nSPS) is 17.7. The smallest absolute Gasteiger partial charge is 0.313 e. The Bertz CT molecular complexity index is 444. The van der Waals surface area contributed by atoms with Gasteiger partial charge in [-0.3, -0.25) is 9.59 Å². The van der Waals surface area contributed by atoms with Crippen molar-refractivity contribution in [3.05, 3.63) is 29.8 Å². The molecule has 0 unspecified atom stereocenters. The summed E-state index contributed by atoms with van der Waals surface area (Å²) in [6, 6.07) is 6.72. The molecule has 1 N–H and O–H groups in total. The molecule has 19 heavy (non-hydrogen) atoms. The fourth-order valence-corrected chi connectivity index (χ4v) is 2.51. The molecule has 0 bridgehead atoms. The topological polar surface area (TPSA) is 63.6 Å². The molecule has 1 aliphatic rings. The standard InChI is InChI=1S/C15H18O4/c16-10-12-4-6-13(7-5-12)19-11-15(14(17)18)8-2-1-3-9-15/h4-7,10H,1-3,8-9,11H2,(H,17,18). The molecule has 102 valence electrons. The summed E-state index contributed by atoms with van der Waals surface area (Å²) >= 11 is 0. The van der Waals surface area contributed by atoms with Crippen molar-refractivity contribution in [3.8, 4) is 5.75 Å². The van der Waals surface area contributed by atoms with E-state index in [4.69, 9.17) is 4.74 Å². The van der Waals surface area contributed by atoms with Crippen molar-refractivity contribution < 1.29 is 19.4 Å². The number of hydrogen-bond acceptors (Lipinski definition) is 3. The fraction of sp³-hybridized carbons (Fsp3) is 0.467. The predicted molar refractivity (Wildman–Crippen MR) is 70.5 cm³/mol. The highest BCUT2D eigenvalue weighted by atomic mass is 16.5. The summed E-state index contributed by atoms with van der Waals surface area (Å²) in [5.74, 6) is -0.159. The van der Waals surface area contributed by atoms with E-state index >= 15 is 0 Å². The highest BCUT2D eigenvalue weighted by Gasteiger charge is 2.40. The minimum absolute atomic E-state index is 0.197. The van der Waals surface area contributed by atoms with Crippen molar-refractivity contribution in [2.75, 3.05) is 6.61 Å². The molecule has 0 atom stereocenters.